The summed E-state index contributed by atoms with van der Waals surface area (Å²) in [7, 11) is 2.02. The molecule has 0 atom stereocenters. The van der Waals surface area contributed by atoms with E-state index in [1.807, 2.05) is 7.05 Å². The molecule has 0 unspecified atom stereocenters. The second-order valence-corrected chi connectivity index (χ2v) is 10.2. The Balaban J connectivity index is 1.30. The molecule has 4 N–H and O–H groups in total. The summed E-state index contributed by atoms with van der Waals surface area (Å²) in [5.74, 6) is 0.271. The summed E-state index contributed by atoms with van der Waals surface area (Å²) < 4.78 is 43.2. The minimum atomic E-state index is -4.54. The average Bonchev–Trinajstić information content (AvgIpc) is 3.22. The van der Waals surface area contributed by atoms with E-state index in [0.717, 1.165) is 44.0 Å². The maximum absolute atomic E-state index is 13.6. The third kappa shape index (κ3) is 6.23. The fourth-order valence-corrected chi connectivity index (χ4v) is 5.13. The van der Waals surface area contributed by atoms with Crippen molar-refractivity contribution in [3.8, 4) is 5.69 Å². The molecule has 1 aliphatic heterocycles. The normalized spacial score (nSPS) is 15.0. The van der Waals surface area contributed by atoms with Crippen molar-refractivity contribution in [1.82, 2.24) is 29.3 Å². The van der Waals surface area contributed by atoms with Crippen LogP contribution in [0, 0.1) is 3.83 Å². The van der Waals surface area contributed by atoms with Gasteiger partial charge in [-0.25, -0.2) is 19.7 Å². The van der Waals surface area contributed by atoms with E-state index in [4.69, 9.17) is 5.73 Å². The van der Waals surface area contributed by atoms with E-state index in [2.05, 4.69) is 58.0 Å². The fourth-order valence-electron chi connectivity index (χ4n) is 4.38. The summed E-state index contributed by atoms with van der Waals surface area (Å²) in [5.41, 5.74) is 7.87. The van der Waals surface area contributed by atoms with Gasteiger partial charge in [0, 0.05) is 72.4 Å². The lowest BCUT2D eigenvalue weighted by Gasteiger charge is -2.32. The van der Waals surface area contributed by atoms with E-state index < -0.39 is 17.8 Å². The van der Waals surface area contributed by atoms with Crippen molar-refractivity contribution in [3.63, 3.8) is 0 Å². The molecular formula is C25H25F3IN9O. The number of likely N-dealkylation sites (N-methyl/N-ethyl adjacent to an activating group) is 1. The van der Waals surface area contributed by atoms with Gasteiger partial charge in [-0.2, -0.15) is 13.2 Å². The summed E-state index contributed by atoms with van der Waals surface area (Å²) in [6.07, 6.45) is -3.18. The van der Waals surface area contributed by atoms with Gasteiger partial charge in [-0.3, -0.25) is 9.47 Å². The molecule has 1 fully saturated rings. The molecule has 39 heavy (non-hydrogen) atoms. The molecule has 2 aromatic heterocycles. The Hall–Kier alpha value is -3.50. The molecular weight excluding hydrogens is 626 g/mol. The monoisotopic (exact) mass is 651 g/mol. The molecule has 2 amide bonds. The summed E-state index contributed by atoms with van der Waals surface area (Å²) in [5, 5.41) is 5.21. The maximum atomic E-state index is 13.6. The Labute approximate surface area is 235 Å². The highest BCUT2D eigenvalue weighted by atomic mass is 127. The van der Waals surface area contributed by atoms with Crippen molar-refractivity contribution >= 4 is 57.0 Å². The van der Waals surface area contributed by atoms with Crippen molar-refractivity contribution < 1.29 is 18.0 Å². The molecule has 0 radical (unpaired) electrons. The second-order valence-electron chi connectivity index (χ2n) is 9.27. The number of aromatic nitrogens is 4. The van der Waals surface area contributed by atoms with Crippen molar-refractivity contribution in [2.75, 3.05) is 49.6 Å². The smallest absolute Gasteiger partial charge is 0.382 e. The molecule has 204 valence electrons. The number of urea groups is 1. The first-order valence-electron chi connectivity index (χ1n) is 12.0. The highest BCUT2D eigenvalue weighted by Gasteiger charge is 2.31. The quantitative estimate of drug-likeness (QED) is 0.216. The number of halogens is 4. The van der Waals surface area contributed by atoms with Gasteiger partial charge in [-0.1, -0.05) is 0 Å². The number of nitrogens with zero attached hydrogens (tertiary/aromatic N) is 6. The fraction of sp³-hybridized carbons (Fsp3) is 0.280. The minimum Gasteiger partial charge on any atom is -0.382 e. The number of imidazole rings is 1. The third-order valence-electron chi connectivity index (χ3n) is 6.40. The van der Waals surface area contributed by atoms with Crippen LogP contribution in [-0.4, -0.2) is 68.6 Å². The maximum Gasteiger partial charge on any atom is 0.416 e. The lowest BCUT2D eigenvalue weighted by molar-refractivity contribution is -0.137. The first-order chi connectivity index (χ1) is 18.6. The molecule has 0 spiro atoms. The van der Waals surface area contributed by atoms with E-state index in [-0.39, 0.29) is 11.5 Å². The molecule has 0 bridgehead atoms. The number of piperazine rings is 1. The van der Waals surface area contributed by atoms with Gasteiger partial charge in [0.15, 0.2) is 20.8 Å². The lowest BCUT2D eigenvalue weighted by Crippen LogP contribution is -2.43. The van der Waals surface area contributed by atoms with Crippen LogP contribution in [0.5, 0.6) is 0 Å². The molecule has 1 saturated heterocycles. The van der Waals surface area contributed by atoms with Crippen LogP contribution in [0.4, 0.5) is 35.2 Å². The van der Waals surface area contributed by atoms with Gasteiger partial charge in [0.1, 0.15) is 6.33 Å². The Bertz CT molecular complexity index is 1500. The first-order valence-corrected chi connectivity index (χ1v) is 13.1. The Morgan fingerprint density at radius 3 is 2.41 bits per heavy atom. The van der Waals surface area contributed by atoms with E-state index in [0.29, 0.717) is 32.8 Å². The van der Waals surface area contributed by atoms with Gasteiger partial charge in [0.2, 0.25) is 0 Å². The number of anilines is 3. The molecule has 14 heteroatoms. The number of benzene rings is 2. The van der Waals surface area contributed by atoms with E-state index in [1.165, 1.54) is 6.33 Å². The highest BCUT2D eigenvalue weighted by molar-refractivity contribution is 14.1. The molecule has 3 heterocycles. The van der Waals surface area contributed by atoms with Gasteiger partial charge in [0.25, 0.3) is 0 Å². The standard InChI is InChI=1S/C25H25F3IN9O/c1-36-6-8-37(9-7-36)13-15-10-16(25(26,27)28)12-18(11-15)34-24(39)33-17-2-4-19(5-3-17)38-22-20(35-23(38)29)21(30)31-14-32-22/h2-5,10-12,14H,6-9,13H2,1H3,(H2,30,31,32)(H2,33,34,39). The minimum absolute atomic E-state index is 0.0692. The summed E-state index contributed by atoms with van der Waals surface area (Å²) in [6, 6.07) is 9.87. The number of fused-ring (bicyclic) bond motifs is 1. The second kappa shape index (κ2) is 10.9. The van der Waals surface area contributed by atoms with Crippen molar-refractivity contribution in [1.29, 1.82) is 0 Å². The summed E-state index contributed by atoms with van der Waals surface area (Å²) in [4.78, 5) is 29.6. The topological polar surface area (TPSA) is 117 Å². The van der Waals surface area contributed by atoms with Crippen molar-refractivity contribution in [3.05, 3.63) is 63.7 Å². The number of amides is 2. The van der Waals surface area contributed by atoms with Crippen LogP contribution in [0.3, 0.4) is 0 Å². The van der Waals surface area contributed by atoms with Crippen LogP contribution < -0.4 is 16.4 Å². The lowest BCUT2D eigenvalue weighted by atomic mass is 10.1. The van der Waals surface area contributed by atoms with Crippen molar-refractivity contribution in [2.24, 2.45) is 0 Å². The van der Waals surface area contributed by atoms with E-state index in [1.54, 1.807) is 34.9 Å². The number of carbonyl (C=O) groups excluding carboxylic acids is 1. The summed E-state index contributed by atoms with van der Waals surface area (Å²) >= 11 is 2.07. The van der Waals surface area contributed by atoms with Gasteiger partial charge in [-0.15, -0.1) is 0 Å². The Morgan fingerprint density at radius 1 is 1.03 bits per heavy atom. The number of rotatable bonds is 5. The zero-order valence-corrected chi connectivity index (χ0v) is 23.0. The van der Waals surface area contributed by atoms with Gasteiger partial charge >= 0.3 is 12.2 Å². The number of carbonyl (C=O) groups is 1. The summed E-state index contributed by atoms with van der Waals surface area (Å²) in [6.45, 7) is 3.60. The Kier molecular flexibility index (Phi) is 7.59. The van der Waals surface area contributed by atoms with Crippen LogP contribution in [0.1, 0.15) is 11.1 Å². The van der Waals surface area contributed by atoms with Crippen LogP contribution >= 0.6 is 22.6 Å². The van der Waals surface area contributed by atoms with Gasteiger partial charge < -0.3 is 21.3 Å². The van der Waals surface area contributed by atoms with Crippen LogP contribution in [0.15, 0.2) is 48.8 Å². The average molecular weight is 651 g/mol. The predicted octanol–water partition coefficient (Wildman–Crippen LogP) is 4.41. The number of hydrogen-bond acceptors (Lipinski definition) is 7. The molecule has 10 nitrogen and oxygen atoms in total. The van der Waals surface area contributed by atoms with Crippen LogP contribution in [0.2, 0.25) is 0 Å². The van der Waals surface area contributed by atoms with Gasteiger partial charge in [0.05, 0.1) is 5.56 Å². The molecule has 1 aliphatic rings. The van der Waals surface area contributed by atoms with Crippen LogP contribution in [0.25, 0.3) is 16.9 Å². The van der Waals surface area contributed by atoms with Crippen LogP contribution in [-0.2, 0) is 12.7 Å². The van der Waals surface area contributed by atoms with E-state index >= 15 is 0 Å². The SMILES string of the molecule is CN1CCN(Cc2cc(NC(=O)Nc3ccc(-n4c(I)nc5c(N)ncnc54)cc3)cc(C(F)(F)F)c2)CC1. The third-order valence-corrected chi connectivity index (χ3v) is 7.12. The predicted molar refractivity (Wildman–Crippen MR) is 151 cm³/mol. The molecule has 0 saturated carbocycles. The number of hydrogen-bond donors (Lipinski definition) is 3. The highest BCUT2D eigenvalue weighted by Crippen LogP contribution is 2.32. The molecule has 2 aromatic carbocycles. The number of alkyl halides is 3. The molecule has 5 rings (SSSR count). The Morgan fingerprint density at radius 2 is 1.72 bits per heavy atom. The van der Waals surface area contributed by atoms with E-state index in [9.17, 15) is 18.0 Å². The van der Waals surface area contributed by atoms with Gasteiger partial charge in [-0.05, 0) is 55.1 Å². The number of nitrogens with two attached hydrogens (primary N) is 1. The number of nitrogens with one attached hydrogen (secondary N) is 2. The molecule has 4 aromatic rings. The number of nitrogen functional groups attached to an aromatic ring is 1. The first kappa shape index (κ1) is 27.1. The largest absolute Gasteiger partial charge is 0.416 e. The zero-order chi connectivity index (χ0) is 27.7. The molecule has 0 aliphatic carbocycles. The van der Waals surface area contributed by atoms with Crippen molar-refractivity contribution in [2.45, 2.75) is 12.7 Å². The zero-order valence-electron chi connectivity index (χ0n) is 20.8.